The van der Waals surface area contributed by atoms with Gasteiger partial charge in [-0.2, -0.15) is 4.98 Å². The van der Waals surface area contributed by atoms with Gasteiger partial charge in [-0.1, -0.05) is 19.0 Å². The van der Waals surface area contributed by atoms with Crippen LogP contribution in [-0.4, -0.2) is 33.8 Å². The lowest BCUT2D eigenvalue weighted by molar-refractivity contribution is 0.363. The molecule has 0 aliphatic carbocycles. The van der Waals surface area contributed by atoms with Crippen molar-refractivity contribution in [2.75, 3.05) is 13.7 Å². The van der Waals surface area contributed by atoms with Crippen molar-refractivity contribution < 1.29 is 9.26 Å². The lowest BCUT2D eigenvalue weighted by Gasteiger charge is -2.03. The highest BCUT2D eigenvalue weighted by Crippen LogP contribution is 2.16. The summed E-state index contributed by atoms with van der Waals surface area (Å²) < 4.78 is 10.2. The number of hydrogen-bond acceptors (Lipinski definition) is 7. The fourth-order valence-corrected chi connectivity index (χ4v) is 1.47. The van der Waals surface area contributed by atoms with E-state index in [1.807, 2.05) is 0 Å². The van der Waals surface area contributed by atoms with E-state index in [4.69, 9.17) is 9.26 Å². The Morgan fingerprint density at radius 1 is 1.37 bits per heavy atom. The number of hydrogen-bond donors (Lipinski definition) is 1. The molecule has 0 aromatic carbocycles. The monoisotopic (exact) mass is 263 g/mol. The van der Waals surface area contributed by atoms with Crippen LogP contribution in [0.5, 0.6) is 5.88 Å². The number of ether oxygens (including phenoxy) is 1. The van der Waals surface area contributed by atoms with Gasteiger partial charge >= 0.3 is 0 Å². The van der Waals surface area contributed by atoms with Gasteiger partial charge in [0.2, 0.25) is 17.6 Å². The Balaban J connectivity index is 2.03. The molecular weight excluding hydrogens is 246 g/mol. The lowest BCUT2D eigenvalue weighted by atomic mass is 10.2. The van der Waals surface area contributed by atoms with E-state index in [2.05, 4.69) is 39.3 Å². The van der Waals surface area contributed by atoms with E-state index in [0.717, 1.165) is 6.54 Å². The Bertz CT molecular complexity index is 526. The molecule has 0 spiro atoms. The van der Waals surface area contributed by atoms with Gasteiger partial charge in [0.05, 0.1) is 13.7 Å². The molecule has 19 heavy (non-hydrogen) atoms. The molecule has 7 heteroatoms. The van der Waals surface area contributed by atoms with Crippen molar-refractivity contribution in [3.05, 3.63) is 18.3 Å². The van der Waals surface area contributed by atoms with E-state index in [1.165, 1.54) is 6.33 Å². The second-order valence-electron chi connectivity index (χ2n) is 4.48. The van der Waals surface area contributed by atoms with Crippen molar-refractivity contribution in [1.29, 1.82) is 0 Å². The van der Waals surface area contributed by atoms with Gasteiger partial charge in [-0.05, 0) is 12.5 Å². The maximum atomic E-state index is 5.15. The van der Waals surface area contributed by atoms with Crippen molar-refractivity contribution in [3.63, 3.8) is 0 Å². The molecule has 2 aromatic rings. The zero-order valence-electron chi connectivity index (χ0n) is 11.3. The summed E-state index contributed by atoms with van der Waals surface area (Å²) in [6, 6.07) is 1.66. The minimum atomic E-state index is 0.432. The average molecular weight is 263 g/mol. The first kappa shape index (κ1) is 13.4. The highest BCUT2D eigenvalue weighted by atomic mass is 16.5. The third-order valence-corrected chi connectivity index (χ3v) is 2.38. The summed E-state index contributed by atoms with van der Waals surface area (Å²) in [4.78, 5) is 12.3. The van der Waals surface area contributed by atoms with Gasteiger partial charge in [-0.15, -0.1) is 0 Å². The average Bonchev–Trinajstić information content (AvgIpc) is 2.87. The standard InChI is InChI=1S/C12H17N5O2/c1-8(2)5-13-6-11-16-12(17-19-11)9-4-10(18-3)15-7-14-9/h4,7-8,13H,5-6H2,1-3H3. The molecule has 0 fully saturated rings. The molecule has 0 aliphatic rings. The Hall–Kier alpha value is -2.02. The molecule has 0 unspecified atom stereocenters. The van der Waals surface area contributed by atoms with Crippen LogP contribution >= 0.6 is 0 Å². The fourth-order valence-electron chi connectivity index (χ4n) is 1.47. The van der Waals surface area contributed by atoms with Gasteiger partial charge < -0.3 is 14.6 Å². The molecule has 0 bridgehead atoms. The third-order valence-electron chi connectivity index (χ3n) is 2.38. The predicted molar refractivity (Wildman–Crippen MR) is 68.4 cm³/mol. The summed E-state index contributed by atoms with van der Waals surface area (Å²) in [5.41, 5.74) is 0.575. The highest BCUT2D eigenvalue weighted by Gasteiger charge is 2.10. The number of aromatic nitrogens is 4. The van der Waals surface area contributed by atoms with E-state index >= 15 is 0 Å². The SMILES string of the molecule is COc1cc(-c2noc(CNCC(C)C)n2)ncn1. The summed E-state index contributed by atoms with van der Waals surface area (Å²) >= 11 is 0. The van der Waals surface area contributed by atoms with Gasteiger partial charge in [0, 0.05) is 6.07 Å². The number of methoxy groups -OCH3 is 1. The largest absolute Gasteiger partial charge is 0.481 e. The van der Waals surface area contributed by atoms with E-state index in [-0.39, 0.29) is 0 Å². The second kappa shape index (κ2) is 6.24. The zero-order valence-corrected chi connectivity index (χ0v) is 11.3. The van der Waals surface area contributed by atoms with Crippen LogP contribution in [0.4, 0.5) is 0 Å². The van der Waals surface area contributed by atoms with Crippen LogP contribution in [0.25, 0.3) is 11.5 Å². The molecule has 2 heterocycles. The molecule has 102 valence electrons. The normalized spacial score (nSPS) is 10.9. The van der Waals surface area contributed by atoms with E-state index < -0.39 is 0 Å². The van der Waals surface area contributed by atoms with Crippen LogP contribution in [0.2, 0.25) is 0 Å². The third kappa shape index (κ3) is 3.72. The first-order valence-electron chi connectivity index (χ1n) is 6.08. The minimum Gasteiger partial charge on any atom is -0.481 e. The van der Waals surface area contributed by atoms with Crippen LogP contribution < -0.4 is 10.1 Å². The second-order valence-corrected chi connectivity index (χ2v) is 4.48. The molecule has 0 aliphatic heterocycles. The molecule has 2 aromatic heterocycles. The van der Waals surface area contributed by atoms with Crippen LogP contribution in [0.15, 0.2) is 16.9 Å². The molecule has 0 saturated carbocycles. The van der Waals surface area contributed by atoms with Crippen molar-refractivity contribution in [2.45, 2.75) is 20.4 Å². The quantitative estimate of drug-likeness (QED) is 0.840. The van der Waals surface area contributed by atoms with Crippen molar-refractivity contribution in [2.24, 2.45) is 5.92 Å². The fraction of sp³-hybridized carbons (Fsp3) is 0.500. The molecule has 0 radical (unpaired) electrons. The predicted octanol–water partition coefficient (Wildman–Crippen LogP) is 1.28. The highest BCUT2D eigenvalue weighted by molar-refractivity contribution is 5.48. The number of nitrogens with zero attached hydrogens (tertiary/aromatic N) is 4. The van der Waals surface area contributed by atoms with Gasteiger partial charge in [0.15, 0.2) is 0 Å². The summed E-state index contributed by atoms with van der Waals surface area (Å²) in [5, 5.41) is 7.12. The van der Waals surface area contributed by atoms with E-state index in [9.17, 15) is 0 Å². The summed E-state index contributed by atoms with van der Waals surface area (Å²) in [5.74, 6) is 2.01. The number of nitrogens with one attached hydrogen (secondary N) is 1. The Labute approximate surface area is 111 Å². The maximum absolute atomic E-state index is 5.15. The van der Waals surface area contributed by atoms with Gasteiger partial charge in [-0.25, -0.2) is 9.97 Å². The van der Waals surface area contributed by atoms with Crippen LogP contribution in [0.1, 0.15) is 19.7 Å². The maximum Gasteiger partial charge on any atom is 0.240 e. The Morgan fingerprint density at radius 3 is 2.95 bits per heavy atom. The topological polar surface area (TPSA) is 86.0 Å². The Kier molecular flexibility index (Phi) is 4.40. The Morgan fingerprint density at radius 2 is 2.21 bits per heavy atom. The lowest BCUT2D eigenvalue weighted by Crippen LogP contribution is -2.19. The molecule has 1 N–H and O–H groups in total. The summed E-state index contributed by atoms with van der Waals surface area (Å²) in [6.07, 6.45) is 1.40. The van der Waals surface area contributed by atoms with E-state index in [0.29, 0.717) is 35.8 Å². The van der Waals surface area contributed by atoms with Crippen molar-refractivity contribution in [1.82, 2.24) is 25.4 Å². The summed E-state index contributed by atoms with van der Waals surface area (Å²) in [6.45, 7) is 5.73. The van der Waals surface area contributed by atoms with Gasteiger partial charge in [0.1, 0.15) is 12.0 Å². The molecule has 0 atom stereocenters. The van der Waals surface area contributed by atoms with Crippen molar-refractivity contribution >= 4 is 0 Å². The molecule has 0 amide bonds. The van der Waals surface area contributed by atoms with Gasteiger partial charge in [-0.3, -0.25) is 0 Å². The molecular formula is C12H17N5O2. The first-order chi connectivity index (χ1) is 9.19. The van der Waals surface area contributed by atoms with Gasteiger partial charge in [0.25, 0.3) is 0 Å². The molecule has 7 nitrogen and oxygen atoms in total. The van der Waals surface area contributed by atoms with Crippen molar-refractivity contribution in [3.8, 4) is 17.4 Å². The zero-order chi connectivity index (χ0) is 13.7. The minimum absolute atomic E-state index is 0.432. The van der Waals surface area contributed by atoms with Crippen LogP contribution in [0.3, 0.4) is 0 Å². The molecule has 0 saturated heterocycles. The van der Waals surface area contributed by atoms with Crippen LogP contribution in [0, 0.1) is 5.92 Å². The summed E-state index contributed by atoms with van der Waals surface area (Å²) in [7, 11) is 1.55. The molecule has 2 rings (SSSR count). The van der Waals surface area contributed by atoms with Crippen LogP contribution in [-0.2, 0) is 6.54 Å². The number of rotatable bonds is 6. The van der Waals surface area contributed by atoms with E-state index in [1.54, 1.807) is 13.2 Å². The smallest absolute Gasteiger partial charge is 0.240 e. The first-order valence-corrected chi connectivity index (χ1v) is 6.08.